The number of nitrogens with one attached hydrogen (secondary N) is 1. The van der Waals surface area contributed by atoms with Crippen molar-refractivity contribution in [2.75, 3.05) is 0 Å². The van der Waals surface area contributed by atoms with E-state index >= 15 is 0 Å². The summed E-state index contributed by atoms with van der Waals surface area (Å²) in [6.45, 7) is 5.13. The molecule has 0 radical (unpaired) electrons. The molecule has 3 aromatic rings. The van der Waals surface area contributed by atoms with Gasteiger partial charge in [-0.2, -0.15) is 8.42 Å². The molecule has 9 heteroatoms. The van der Waals surface area contributed by atoms with Gasteiger partial charge in [-0.3, -0.25) is 0 Å². The molecular formula is C26H27NO7S. The van der Waals surface area contributed by atoms with Crippen molar-refractivity contribution in [1.29, 1.82) is 0 Å². The maximum absolute atomic E-state index is 12.9. The fraction of sp³-hybridized carbons (Fsp3) is 0.231. The van der Waals surface area contributed by atoms with Gasteiger partial charge in [-0.15, -0.1) is 0 Å². The fourth-order valence-corrected chi connectivity index (χ4v) is 3.94. The summed E-state index contributed by atoms with van der Waals surface area (Å²) in [6.07, 6.45) is -0.800. The zero-order chi connectivity index (χ0) is 25.5. The molecule has 1 amide bonds. The highest BCUT2D eigenvalue weighted by Gasteiger charge is 2.27. The van der Waals surface area contributed by atoms with Gasteiger partial charge in [0.1, 0.15) is 22.9 Å². The van der Waals surface area contributed by atoms with Crippen LogP contribution in [-0.2, 0) is 31.0 Å². The minimum Gasteiger partial charge on any atom is -0.459 e. The van der Waals surface area contributed by atoms with Gasteiger partial charge in [-0.1, -0.05) is 60.7 Å². The second-order valence-electron chi connectivity index (χ2n) is 8.59. The lowest BCUT2D eigenvalue weighted by molar-refractivity contribution is -0.147. The third-order valence-corrected chi connectivity index (χ3v) is 5.83. The third-order valence-electron chi connectivity index (χ3n) is 4.57. The van der Waals surface area contributed by atoms with Crippen LogP contribution in [0, 0.1) is 0 Å². The number of amides is 1. The Morgan fingerprint density at radius 2 is 1.43 bits per heavy atom. The van der Waals surface area contributed by atoms with E-state index in [0.29, 0.717) is 5.56 Å². The highest BCUT2D eigenvalue weighted by Crippen LogP contribution is 2.23. The molecule has 1 atom stereocenters. The minimum atomic E-state index is -4.02. The Morgan fingerprint density at radius 1 is 0.857 bits per heavy atom. The quantitative estimate of drug-likeness (QED) is 0.353. The van der Waals surface area contributed by atoms with Gasteiger partial charge in [0.15, 0.2) is 6.04 Å². The van der Waals surface area contributed by atoms with Crippen molar-refractivity contribution in [3.8, 4) is 5.75 Å². The van der Waals surface area contributed by atoms with E-state index in [1.54, 1.807) is 39.0 Å². The normalized spacial score (nSPS) is 12.3. The highest BCUT2D eigenvalue weighted by molar-refractivity contribution is 7.87. The SMILES string of the molecule is CC(C)(C)OC(=O)NC(C(=O)OCc1ccccc1)c1ccc(OS(=O)(=O)c2ccccc2)cc1. The molecule has 1 unspecified atom stereocenters. The predicted molar refractivity (Wildman–Crippen MR) is 129 cm³/mol. The Hall–Kier alpha value is -3.85. The number of hydrogen-bond donors (Lipinski definition) is 1. The van der Waals surface area contributed by atoms with Crippen LogP contribution in [0.25, 0.3) is 0 Å². The van der Waals surface area contributed by atoms with Gasteiger partial charge in [0.05, 0.1) is 0 Å². The molecule has 0 aliphatic carbocycles. The van der Waals surface area contributed by atoms with Crippen molar-refractivity contribution in [3.05, 3.63) is 96.1 Å². The number of alkyl carbamates (subject to hydrolysis) is 1. The summed E-state index contributed by atoms with van der Waals surface area (Å²) in [5.74, 6) is -0.656. The van der Waals surface area contributed by atoms with Crippen LogP contribution in [0.1, 0.15) is 37.9 Å². The molecule has 3 aromatic carbocycles. The van der Waals surface area contributed by atoms with Crippen LogP contribution < -0.4 is 9.50 Å². The number of esters is 1. The molecule has 0 spiro atoms. The Bertz CT molecular complexity index is 1240. The first-order valence-corrected chi connectivity index (χ1v) is 12.2. The molecule has 0 saturated carbocycles. The summed E-state index contributed by atoms with van der Waals surface area (Å²) >= 11 is 0. The number of rotatable bonds is 8. The Kier molecular flexibility index (Phi) is 8.14. The summed E-state index contributed by atoms with van der Waals surface area (Å²) in [5.41, 5.74) is 0.372. The summed E-state index contributed by atoms with van der Waals surface area (Å²) < 4.78 is 40.8. The monoisotopic (exact) mass is 497 g/mol. The van der Waals surface area contributed by atoms with Crippen LogP contribution in [-0.4, -0.2) is 26.1 Å². The van der Waals surface area contributed by atoms with E-state index in [-0.39, 0.29) is 17.3 Å². The zero-order valence-electron chi connectivity index (χ0n) is 19.6. The summed E-state index contributed by atoms with van der Waals surface area (Å²) in [4.78, 5) is 25.3. The molecule has 0 heterocycles. The molecule has 0 aliphatic heterocycles. The van der Waals surface area contributed by atoms with Crippen molar-refractivity contribution in [2.45, 2.75) is 43.9 Å². The van der Waals surface area contributed by atoms with Crippen LogP contribution >= 0.6 is 0 Å². The van der Waals surface area contributed by atoms with E-state index in [0.717, 1.165) is 5.56 Å². The molecule has 3 rings (SSSR count). The number of carbonyl (C=O) groups is 2. The Balaban J connectivity index is 1.78. The van der Waals surface area contributed by atoms with Crippen molar-refractivity contribution >= 4 is 22.2 Å². The molecule has 8 nitrogen and oxygen atoms in total. The Morgan fingerprint density at radius 3 is 2.00 bits per heavy atom. The molecule has 184 valence electrons. The van der Waals surface area contributed by atoms with Crippen LogP contribution in [0.5, 0.6) is 5.75 Å². The van der Waals surface area contributed by atoms with Gasteiger partial charge in [0.25, 0.3) is 0 Å². The van der Waals surface area contributed by atoms with Gasteiger partial charge >= 0.3 is 22.2 Å². The second-order valence-corrected chi connectivity index (χ2v) is 10.1. The van der Waals surface area contributed by atoms with Crippen molar-refractivity contribution < 1.29 is 31.7 Å². The number of ether oxygens (including phenoxy) is 2. The maximum atomic E-state index is 12.9. The first-order chi connectivity index (χ1) is 16.5. The van der Waals surface area contributed by atoms with Gasteiger partial charge in [-0.25, -0.2) is 9.59 Å². The topological polar surface area (TPSA) is 108 Å². The third kappa shape index (κ3) is 7.86. The van der Waals surface area contributed by atoms with E-state index in [2.05, 4.69) is 5.32 Å². The average molecular weight is 498 g/mol. The van der Waals surface area contributed by atoms with Gasteiger partial charge in [0, 0.05) is 0 Å². The van der Waals surface area contributed by atoms with Crippen molar-refractivity contribution in [1.82, 2.24) is 5.32 Å². The number of hydrogen-bond acceptors (Lipinski definition) is 7. The van der Waals surface area contributed by atoms with E-state index in [1.165, 1.54) is 36.4 Å². The number of benzene rings is 3. The van der Waals surface area contributed by atoms with Crippen molar-refractivity contribution in [2.24, 2.45) is 0 Å². The molecule has 1 N–H and O–H groups in total. The van der Waals surface area contributed by atoms with Crippen LogP contribution in [0.15, 0.2) is 89.8 Å². The second kappa shape index (κ2) is 11.1. The summed E-state index contributed by atoms with van der Waals surface area (Å²) in [5, 5.41) is 2.52. The maximum Gasteiger partial charge on any atom is 0.408 e. The largest absolute Gasteiger partial charge is 0.459 e. The van der Waals surface area contributed by atoms with Gasteiger partial charge < -0.3 is 19.0 Å². The first kappa shape index (κ1) is 25.8. The predicted octanol–water partition coefficient (Wildman–Crippen LogP) is 4.76. The van der Waals surface area contributed by atoms with Gasteiger partial charge in [-0.05, 0) is 56.2 Å². The van der Waals surface area contributed by atoms with Crippen LogP contribution in [0.3, 0.4) is 0 Å². The lowest BCUT2D eigenvalue weighted by Gasteiger charge is -2.23. The summed E-state index contributed by atoms with van der Waals surface area (Å²) in [7, 11) is -4.02. The average Bonchev–Trinajstić information content (AvgIpc) is 2.81. The van der Waals surface area contributed by atoms with E-state index in [4.69, 9.17) is 13.7 Å². The minimum absolute atomic E-state index is 0.0121. The lowest BCUT2D eigenvalue weighted by atomic mass is 10.1. The molecule has 0 fully saturated rings. The van der Waals surface area contributed by atoms with E-state index in [1.807, 2.05) is 30.3 Å². The fourth-order valence-electron chi connectivity index (χ4n) is 2.99. The smallest absolute Gasteiger partial charge is 0.408 e. The van der Waals surface area contributed by atoms with Crippen molar-refractivity contribution in [3.63, 3.8) is 0 Å². The molecule has 0 aromatic heterocycles. The van der Waals surface area contributed by atoms with E-state index < -0.39 is 33.8 Å². The molecular weight excluding hydrogens is 470 g/mol. The van der Waals surface area contributed by atoms with Crippen LogP contribution in [0.4, 0.5) is 4.79 Å². The molecule has 35 heavy (non-hydrogen) atoms. The van der Waals surface area contributed by atoms with Gasteiger partial charge in [0.2, 0.25) is 0 Å². The van der Waals surface area contributed by atoms with E-state index in [9.17, 15) is 18.0 Å². The Labute approximate surface area is 205 Å². The molecule has 0 saturated heterocycles. The first-order valence-electron chi connectivity index (χ1n) is 10.8. The number of carbonyl (C=O) groups excluding carboxylic acids is 2. The lowest BCUT2D eigenvalue weighted by Crippen LogP contribution is -2.38. The van der Waals surface area contributed by atoms with Crippen LogP contribution in [0.2, 0.25) is 0 Å². The highest BCUT2D eigenvalue weighted by atomic mass is 32.2. The summed E-state index contributed by atoms with van der Waals surface area (Å²) in [6, 6.07) is 21.4. The zero-order valence-corrected chi connectivity index (χ0v) is 20.4. The standard InChI is InChI=1S/C26H27NO7S/c1-26(2,3)33-25(29)27-23(24(28)32-18-19-10-6-4-7-11-19)20-14-16-21(17-15-20)34-35(30,31)22-12-8-5-9-13-22/h4-17,23H,18H2,1-3H3,(H,27,29). The molecule has 0 aliphatic rings. The molecule has 0 bridgehead atoms.